The number of methoxy groups -OCH3 is 1. The van der Waals surface area contributed by atoms with E-state index in [4.69, 9.17) is 4.74 Å². The van der Waals surface area contributed by atoms with Crippen LogP contribution in [-0.2, 0) is 27.4 Å². The number of carbonyl (C=O) groups is 2. The molecule has 0 atom stereocenters. The van der Waals surface area contributed by atoms with E-state index in [1.807, 2.05) is 35.4 Å². The number of ether oxygens (including phenoxy) is 1. The van der Waals surface area contributed by atoms with E-state index in [2.05, 4.69) is 22.8 Å². The second kappa shape index (κ2) is 14.9. The lowest BCUT2D eigenvalue weighted by Gasteiger charge is -2.36. The molecule has 2 aromatic carbocycles. The van der Waals surface area contributed by atoms with Crippen LogP contribution in [0.2, 0.25) is 0 Å². The van der Waals surface area contributed by atoms with Gasteiger partial charge in [0.1, 0.15) is 6.54 Å². The minimum Gasteiger partial charge on any atom is -0.383 e. The Bertz CT molecular complexity index is 1310. The van der Waals surface area contributed by atoms with E-state index in [-0.39, 0.29) is 36.6 Å². The van der Waals surface area contributed by atoms with Crippen LogP contribution in [0.5, 0.6) is 0 Å². The van der Waals surface area contributed by atoms with Crippen LogP contribution in [-0.4, -0.2) is 64.0 Å². The third-order valence-electron chi connectivity index (χ3n) is 7.51. The number of nitrogens with zero attached hydrogens (tertiary/aromatic N) is 4. The van der Waals surface area contributed by atoms with Gasteiger partial charge in [0.25, 0.3) is 5.69 Å². The molecule has 0 saturated heterocycles. The van der Waals surface area contributed by atoms with Crippen molar-refractivity contribution in [1.82, 2.24) is 14.4 Å². The van der Waals surface area contributed by atoms with Crippen molar-refractivity contribution in [2.45, 2.75) is 51.2 Å². The SMILES string of the molecule is COCCN(CC(=O)N(Cc1cccn1Cc1ccccc1)C1CCCCC1)C(=O)C=Cc1ccc([N+](=O)[O-])cc1. The molecule has 0 radical (unpaired) electrons. The highest BCUT2D eigenvalue weighted by Gasteiger charge is 2.28. The van der Waals surface area contributed by atoms with Crippen molar-refractivity contribution in [3.63, 3.8) is 0 Å². The first kappa shape index (κ1) is 29.7. The van der Waals surface area contributed by atoms with E-state index in [0.717, 1.165) is 37.9 Å². The summed E-state index contributed by atoms with van der Waals surface area (Å²) in [7, 11) is 1.56. The maximum atomic E-state index is 13.9. The van der Waals surface area contributed by atoms with Gasteiger partial charge < -0.3 is 19.1 Å². The predicted molar refractivity (Wildman–Crippen MR) is 158 cm³/mol. The van der Waals surface area contributed by atoms with Gasteiger partial charge in [-0.1, -0.05) is 49.6 Å². The zero-order chi connectivity index (χ0) is 29.0. The summed E-state index contributed by atoms with van der Waals surface area (Å²) in [5, 5.41) is 10.9. The molecule has 1 saturated carbocycles. The highest BCUT2D eigenvalue weighted by atomic mass is 16.6. The molecule has 0 aliphatic heterocycles. The maximum absolute atomic E-state index is 13.9. The van der Waals surface area contributed by atoms with E-state index in [9.17, 15) is 19.7 Å². The summed E-state index contributed by atoms with van der Waals surface area (Å²) >= 11 is 0. The molecule has 41 heavy (non-hydrogen) atoms. The molecule has 1 fully saturated rings. The van der Waals surface area contributed by atoms with Crippen molar-refractivity contribution < 1.29 is 19.2 Å². The van der Waals surface area contributed by atoms with Crippen molar-refractivity contribution in [2.75, 3.05) is 26.8 Å². The lowest BCUT2D eigenvalue weighted by molar-refractivity contribution is -0.384. The Morgan fingerprint density at radius 1 is 1.02 bits per heavy atom. The summed E-state index contributed by atoms with van der Waals surface area (Å²) in [6.45, 7) is 1.72. The second-order valence-electron chi connectivity index (χ2n) is 10.4. The van der Waals surface area contributed by atoms with Gasteiger partial charge in [-0.2, -0.15) is 0 Å². The lowest BCUT2D eigenvalue weighted by Crippen LogP contribution is -2.48. The molecule has 1 heterocycles. The molecule has 1 aromatic heterocycles. The second-order valence-corrected chi connectivity index (χ2v) is 10.4. The maximum Gasteiger partial charge on any atom is 0.269 e. The summed E-state index contributed by atoms with van der Waals surface area (Å²) in [5.41, 5.74) is 2.89. The molecule has 4 rings (SSSR count). The van der Waals surface area contributed by atoms with Crippen LogP contribution in [0.25, 0.3) is 6.08 Å². The van der Waals surface area contributed by atoms with E-state index >= 15 is 0 Å². The topological polar surface area (TPSA) is 97.9 Å². The highest BCUT2D eigenvalue weighted by Crippen LogP contribution is 2.25. The molecule has 0 spiro atoms. The van der Waals surface area contributed by atoms with E-state index in [1.165, 1.54) is 35.1 Å². The van der Waals surface area contributed by atoms with Crippen molar-refractivity contribution >= 4 is 23.6 Å². The molecular weight excluding hydrogens is 520 g/mol. The third kappa shape index (κ3) is 8.62. The van der Waals surface area contributed by atoms with Gasteiger partial charge in [-0.3, -0.25) is 19.7 Å². The standard InChI is InChI=1S/C32H38N4O5/c1-41-22-21-34(31(37)19-16-26-14-17-29(18-15-26)36(39)40)25-32(38)35(28-11-6-3-7-12-28)24-30-13-8-20-33(30)23-27-9-4-2-5-10-27/h2,4-5,8-10,13-20,28H,3,6-7,11-12,21-25H2,1H3. The Hall–Kier alpha value is -4.24. The minimum atomic E-state index is -0.465. The fourth-order valence-electron chi connectivity index (χ4n) is 5.22. The van der Waals surface area contributed by atoms with Crippen molar-refractivity contribution in [3.8, 4) is 0 Å². The molecule has 9 heteroatoms. The van der Waals surface area contributed by atoms with Gasteiger partial charge in [-0.05, 0) is 54.3 Å². The number of carbonyl (C=O) groups excluding carboxylic acids is 2. The van der Waals surface area contributed by atoms with Crippen LogP contribution >= 0.6 is 0 Å². The number of aromatic nitrogens is 1. The molecule has 1 aliphatic rings. The summed E-state index contributed by atoms with van der Waals surface area (Å²) in [6, 6.07) is 20.4. The van der Waals surface area contributed by atoms with Gasteiger partial charge in [0.15, 0.2) is 0 Å². The largest absolute Gasteiger partial charge is 0.383 e. The molecule has 0 bridgehead atoms. The molecule has 2 amide bonds. The van der Waals surface area contributed by atoms with Gasteiger partial charge in [0.2, 0.25) is 11.8 Å². The monoisotopic (exact) mass is 558 g/mol. The third-order valence-corrected chi connectivity index (χ3v) is 7.51. The van der Waals surface area contributed by atoms with Crippen LogP contribution in [0.1, 0.15) is 48.9 Å². The van der Waals surface area contributed by atoms with Crippen LogP contribution in [0.3, 0.4) is 0 Å². The first-order valence-electron chi connectivity index (χ1n) is 14.1. The van der Waals surface area contributed by atoms with Gasteiger partial charge in [0.05, 0.1) is 18.1 Å². The Kier molecular flexibility index (Phi) is 10.8. The van der Waals surface area contributed by atoms with Crippen LogP contribution in [0.15, 0.2) is 79.0 Å². The molecule has 0 unspecified atom stereocenters. The van der Waals surface area contributed by atoms with E-state index < -0.39 is 4.92 Å². The fraction of sp³-hybridized carbons (Fsp3) is 0.375. The average molecular weight is 559 g/mol. The number of nitro benzene ring substituents is 1. The molecule has 1 aliphatic carbocycles. The van der Waals surface area contributed by atoms with Crippen LogP contribution in [0.4, 0.5) is 5.69 Å². The summed E-state index contributed by atoms with van der Waals surface area (Å²) < 4.78 is 7.41. The molecule has 0 N–H and O–H groups in total. The van der Waals surface area contributed by atoms with Crippen molar-refractivity contribution in [3.05, 3.63) is 106 Å². The lowest BCUT2D eigenvalue weighted by atomic mass is 9.94. The van der Waals surface area contributed by atoms with Gasteiger partial charge in [-0.25, -0.2) is 0 Å². The number of hydrogen-bond donors (Lipinski definition) is 0. The van der Waals surface area contributed by atoms with Gasteiger partial charge in [-0.15, -0.1) is 0 Å². The van der Waals surface area contributed by atoms with Crippen LogP contribution in [0, 0.1) is 10.1 Å². The normalized spacial score (nSPS) is 13.8. The molecular formula is C32H38N4O5. The van der Waals surface area contributed by atoms with Crippen molar-refractivity contribution in [1.29, 1.82) is 0 Å². The first-order valence-corrected chi connectivity index (χ1v) is 14.1. The van der Waals surface area contributed by atoms with Crippen LogP contribution < -0.4 is 0 Å². The summed E-state index contributed by atoms with van der Waals surface area (Å²) in [5.74, 6) is -0.401. The molecule has 3 aromatic rings. The van der Waals surface area contributed by atoms with Gasteiger partial charge >= 0.3 is 0 Å². The minimum absolute atomic E-state index is 0.0153. The number of amides is 2. The zero-order valence-corrected chi connectivity index (χ0v) is 23.6. The van der Waals surface area contributed by atoms with Gasteiger partial charge in [0, 0.05) is 56.3 Å². The average Bonchev–Trinajstić information content (AvgIpc) is 3.44. The number of non-ortho nitro benzene ring substituents is 1. The van der Waals surface area contributed by atoms with E-state index in [1.54, 1.807) is 25.3 Å². The highest BCUT2D eigenvalue weighted by molar-refractivity contribution is 5.94. The number of nitro groups is 1. The number of rotatable bonds is 13. The zero-order valence-electron chi connectivity index (χ0n) is 23.6. The molecule has 216 valence electrons. The number of benzene rings is 2. The Balaban J connectivity index is 1.49. The quantitative estimate of drug-likeness (QED) is 0.161. The summed E-state index contributed by atoms with van der Waals surface area (Å²) in [4.78, 5) is 41.0. The van der Waals surface area contributed by atoms with E-state index in [0.29, 0.717) is 18.7 Å². The number of hydrogen-bond acceptors (Lipinski definition) is 5. The molecule has 9 nitrogen and oxygen atoms in total. The fourth-order valence-corrected chi connectivity index (χ4v) is 5.22. The smallest absolute Gasteiger partial charge is 0.269 e. The Labute approximate surface area is 241 Å². The summed E-state index contributed by atoms with van der Waals surface area (Å²) in [6.07, 6.45) is 10.3. The van der Waals surface area contributed by atoms with Crippen molar-refractivity contribution in [2.24, 2.45) is 0 Å². The first-order chi connectivity index (χ1) is 19.9. The Morgan fingerprint density at radius 2 is 1.76 bits per heavy atom. The Morgan fingerprint density at radius 3 is 2.44 bits per heavy atom. The predicted octanol–water partition coefficient (Wildman–Crippen LogP) is 5.29.